The Kier molecular flexibility index (Phi) is 2.95. The Hall–Kier alpha value is -1.03. The molecule has 4 nitrogen and oxygen atoms in total. The van der Waals surface area contributed by atoms with Crippen LogP contribution in [0, 0.1) is 0 Å². The average molecular weight is 227 g/mol. The summed E-state index contributed by atoms with van der Waals surface area (Å²) in [7, 11) is 3.88. The zero-order chi connectivity index (χ0) is 10.8. The van der Waals surface area contributed by atoms with Crippen LogP contribution in [0.4, 0.5) is 11.8 Å². The molecule has 0 saturated carbocycles. The molecule has 1 aliphatic heterocycles. The Morgan fingerprint density at radius 3 is 2.93 bits per heavy atom. The summed E-state index contributed by atoms with van der Waals surface area (Å²) >= 11 is 6.06. The minimum absolute atomic E-state index is 0.253. The predicted octanol–water partition coefficient (Wildman–Crippen LogP) is 1.36. The van der Waals surface area contributed by atoms with Gasteiger partial charge in [0.2, 0.25) is 5.95 Å². The first-order valence-electron chi connectivity index (χ1n) is 5.06. The number of rotatable bonds is 2. The lowest BCUT2D eigenvalue weighted by Gasteiger charge is -2.18. The second-order valence-corrected chi connectivity index (χ2v) is 4.56. The Labute approximate surface area is 94.9 Å². The van der Waals surface area contributed by atoms with E-state index in [0.717, 1.165) is 31.3 Å². The van der Waals surface area contributed by atoms with E-state index in [1.165, 1.54) is 0 Å². The molecule has 0 amide bonds. The van der Waals surface area contributed by atoms with E-state index in [1.807, 2.05) is 25.1 Å². The minimum Gasteiger partial charge on any atom is -0.355 e. The van der Waals surface area contributed by atoms with Gasteiger partial charge in [0, 0.05) is 33.4 Å². The molecule has 2 rings (SSSR count). The maximum atomic E-state index is 6.06. The molecule has 5 heteroatoms. The lowest BCUT2D eigenvalue weighted by molar-refractivity contribution is 0.910. The zero-order valence-electron chi connectivity index (χ0n) is 9.02. The topological polar surface area (TPSA) is 32.3 Å². The lowest BCUT2D eigenvalue weighted by Crippen LogP contribution is -2.22. The zero-order valence-corrected chi connectivity index (χ0v) is 9.78. The summed E-state index contributed by atoms with van der Waals surface area (Å²) in [6, 6.07) is 1.93. The highest BCUT2D eigenvalue weighted by molar-refractivity contribution is 6.21. The number of nitrogens with zero attached hydrogens (tertiary/aromatic N) is 4. The van der Waals surface area contributed by atoms with Gasteiger partial charge in [0.05, 0.1) is 5.38 Å². The van der Waals surface area contributed by atoms with Crippen LogP contribution in [0.15, 0.2) is 12.3 Å². The van der Waals surface area contributed by atoms with E-state index in [0.29, 0.717) is 0 Å². The molecule has 82 valence electrons. The van der Waals surface area contributed by atoms with Gasteiger partial charge in [0.15, 0.2) is 0 Å². The number of hydrogen-bond acceptors (Lipinski definition) is 4. The van der Waals surface area contributed by atoms with Crippen molar-refractivity contribution in [2.24, 2.45) is 0 Å². The van der Waals surface area contributed by atoms with Crippen molar-refractivity contribution in [1.82, 2.24) is 9.97 Å². The van der Waals surface area contributed by atoms with E-state index >= 15 is 0 Å². The summed E-state index contributed by atoms with van der Waals surface area (Å²) in [4.78, 5) is 12.8. The van der Waals surface area contributed by atoms with Crippen molar-refractivity contribution < 1.29 is 0 Å². The van der Waals surface area contributed by atoms with Crippen LogP contribution in [0.2, 0.25) is 0 Å². The fourth-order valence-corrected chi connectivity index (χ4v) is 1.92. The van der Waals surface area contributed by atoms with E-state index in [9.17, 15) is 0 Å². The third kappa shape index (κ3) is 2.31. The molecule has 0 bridgehead atoms. The van der Waals surface area contributed by atoms with Gasteiger partial charge in [-0.15, -0.1) is 11.6 Å². The highest BCUT2D eigenvalue weighted by Gasteiger charge is 2.21. The molecular weight excluding hydrogens is 212 g/mol. The van der Waals surface area contributed by atoms with Gasteiger partial charge in [-0.05, 0) is 12.5 Å². The Bertz CT molecular complexity index is 342. The molecule has 1 atom stereocenters. The van der Waals surface area contributed by atoms with Gasteiger partial charge >= 0.3 is 0 Å². The van der Waals surface area contributed by atoms with E-state index in [4.69, 9.17) is 11.6 Å². The third-order valence-electron chi connectivity index (χ3n) is 2.48. The minimum atomic E-state index is 0.253. The average Bonchev–Trinajstić information content (AvgIpc) is 2.65. The number of hydrogen-bond donors (Lipinski definition) is 0. The van der Waals surface area contributed by atoms with Crippen molar-refractivity contribution in [3.05, 3.63) is 12.3 Å². The molecule has 0 spiro atoms. The smallest absolute Gasteiger partial charge is 0.226 e. The Morgan fingerprint density at radius 2 is 2.33 bits per heavy atom. The highest BCUT2D eigenvalue weighted by Crippen LogP contribution is 2.21. The molecule has 0 aliphatic carbocycles. The first-order chi connectivity index (χ1) is 7.16. The SMILES string of the molecule is CN(C)c1nccc(N2CCC(Cl)C2)n1. The van der Waals surface area contributed by atoms with Crippen LogP contribution in [0.3, 0.4) is 0 Å². The lowest BCUT2D eigenvalue weighted by atomic mass is 10.4. The van der Waals surface area contributed by atoms with Crippen molar-refractivity contribution in [3.63, 3.8) is 0 Å². The Balaban J connectivity index is 2.18. The van der Waals surface area contributed by atoms with Crippen molar-refractivity contribution in [2.45, 2.75) is 11.8 Å². The molecule has 2 heterocycles. The van der Waals surface area contributed by atoms with Gasteiger partial charge in [-0.1, -0.05) is 0 Å². The van der Waals surface area contributed by atoms with E-state index in [2.05, 4.69) is 14.9 Å². The number of halogens is 1. The van der Waals surface area contributed by atoms with Crippen molar-refractivity contribution in [3.8, 4) is 0 Å². The summed E-state index contributed by atoms with van der Waals surface area (Å²) in [5, 5.41) is 0.253. The molecule has 0 aromatic carbocycles. The molecule has 0 radical (unpaired) electrons. The van der Waals surface area contributed by atoms with Crippen LogP contribution in [0.1, 0.15) is 6.42 Å². The van der Waals surface area contributed by atoms with Crippen molar-refractivity contribution in [1.29, 1.82) is 0 Å². The van der Waals surface area contributed by atoms with Crippen LogP contribution in [0.25, 0.3) is 0 Å². The van der Waals surface area contributed by atoms with Gasteiger partial charge in [0.1, 0.15) is 5.82 Å². The first-order valence-corrected chi connectivity index (χ1v) is 5.50. The maximum absolute atomic E-state index is 6.06. The summed E-state index contributed by atoms with van der Waals surface area (Å²) in [6.45, 7) is 1.86. The fourth-order valence-electron chi connectivity index (χ4n) is 1.66. The monoisotopic (exact) mass is 226 g/mol. The van der Waals surface area contributed by atoms with Crippen molar-refractivity contribution in [2.75, 3.05) is 37.0 Å². The molecule has 15 heavy (non-hydrogen) atoms. The number of alkyl halides is 1. The molecule has 1 saturated heterocycles. The van der Waals surface area contributed by atoms with E-state index in [-0.39, 0.29) is 5.38 Å². The highest BCUT2D eigenvalue weighted by atomic mass is 35.5. The van der Waals surface area contributed by atoms with Gasteiger partial charge in [-0.2, -0.15) is 4.98 Å². The molecule has 0 N–H and O–H groups in total. The van der Waals surface area contributed by atoms with Crippen LogP contribution >= 0.6 is 11.6 Å². The molecular formula is C10H15ClN4. The van der Waals surface area contributed by atoms with Gasteiger partial charge in [-0.25, -0.2) is 4.98 Å². The maximum Gasteiger partial charge on any atom is 0.226 e. The van der Waals surface area contributed by atoms with Crippen LogP contribution < -0.4 is 9.80 Å². The molecule has 1 fully saturated rings. The number of anilines is 2. The molecule has 1 aliphatic rings. The Morgan fingerprint density at radius 1 is 1.53 bits per heavy atom. The van der Waals surface area contributed by atoms with Crippen molar-refractivity contribution >= 4 is 23.4 Å². The van der Waals surface area contributed by atoms with Crippen LogP contribution in [-0.4, -0.2) is 42.5 Å². The molecule has 1 aromatic rings. The molecule has 1 unspecified atom stereocenters. The standard InChI is InChI=1S/C10H15ClN4/c1-14(2)10-12-5-3-9(13-10)15-6-4-8(11)7-15/h3,5,8H,4,6-7H2,1-2H3. The second kappa shape index (κ2) is 4.23. The van der Waals surface area contributed by atoms with Crippen LogP contribution in [0.5, 0.6) is 0 Å². The molecule has 1 aromatic heterocycles. The van der Waals surface area contributed by atoms with Gasteiger partial charge in [0.25, 0.3) is 0 Å². The third-order valence-corrected chi connectivity index (χ3v) is 2.84. The van der Waals surface area contributed by atoms with E-state index in [1.54, 1.807) is 6.20 Å². The largest absolute Gasteiger partial charge is 0.355 e. The second-order valence-electron chi connectivity index (χ2n) is 3.94. The summed E-state index contributed by atoms with van der Waals surface area (Å²) in [5.41, 5.74) is 0. The van der Waals surface area contributed by atoms with Crippen LogP contribution in [-0.2, 0) is 0 Å². The summed E-state index contributed by atoms with van der Waals surface area (Å²) in [5.74, 6) is 1.71. The fraction of sp³-hybridized carbons (Fsp3) is 0.600. The summed E-state index contributed by atoms with van der Waals surface area (Å²) in [6.07, 6.45) is 2.82. The first kappa shape index (κ1) is 10.5. The number of aromatic nitrogens is 2. The van der Waals surface area contributed by atoms with Gasteiger partial charge in [-0.3, -0.25) is 0 Å². The quantitative estimate of drug-likeness (QED) is 0.713. The normalized spacial score (nSPS) is 20.7. The van der Waals surface area contributed by atoms with E-state index < -0.39 is 0 Å². The van der Waals surface area contributed by atoms with Gasteiger partial charge < -0.3 is 9.80 Å². The predicted molar refractivity (Wildman–Crippen MR) is 62.8 cm³/mol. The summed E-state index contributed by atoms with van der Waals surface area (Å²) < 4.78 is 0.